The van der Waals surface area contributed by atoms with Gasteiger partial charge in [0, 0.05) is 17.9 Å². The molecule has 0 fully saturated rings. The second-order valence-corrected chi connectivity index (χ2v) is 4.67. The number of nitrogens with two attached hydrogens (primary N) is 1. The molecule has 0 aliphatic carbocycles. The zero-order valence-corrected chi connectivity index (χ0v) is 11.4. The van der Waals surface area contributed by atoms with Crippen LogP contribution in [0.1, 0.15) is 17.8 Å². The van der Waals surface area contributed by atoms with Crippen LogP contribution in [0.15, 0.2) is 48.5 Å². The van der Waals surface area contributed by atoms with Gasteiger partial charge in [0.1, 0.15) is 0 Å². The second-order valence-electron chi connectivity index (χ2n) is 4.67. The summed E-state index contributed by atoms with van der Waals surface area (Å²) in [4.78, 5) is 6.90. The second kappa shape index (κ2) is 6.90. The van der Waals surface area contributed by atoms with Gasteiger partial charge in [0.05, 0.1) is 12.2 Å². The van der Waals surface area contributed by atoms with Gasteiger partial charge in [-0.2, -0.15) is 0 Å². The van der Waals surface area contributed by atoms with Crippen LogP contribution >= 0.6 is 0 Å². The summed E-state index contributed by atoms with van der Waals surface area (Å²) in [5.41, 5.74) is 9.01. The molecule has 0 unspecified atom stereocenters. The predicted octanol–water partition coefficient (Wildman–Crippen LogP) is 2.75. The van der Waals surface area contributed by atoms with Gasteiger partial charge in [-0.05, 0) is 44.2 Å². The summed E-state index contributed by atoms with van der Waals surface area (Å²) in [6.45, 7) is 4.52. The van der Waals surface area contributed by atoms with Crippen molar-refractivity contribution in [1.29, 1.82) is 0 Å². The molecule has 0 spiro atoms. The number of pyridine rings is 1. The lowest BCUT2D eigenvalue weighted by molar-refractivity contribution is 0.725. The lowest BCUT2D eigenvalue weighted by Gasteiger charge is -2.24. The molecule has 0 saturated heterocycles. The Balaban J connectivity index is 2.14. The number of anilines is 1. The van der Waals surface area contributed by atoms with E-state index < -0.39 is 0 Å². The number of benzene rings is 1. The van der Waals surface area contributed by atoms with Crippen LogP contribution in [-0.4, -0.2) is 18.1 Å². The first kappa shape index (κ1) is 13.6. The Bertz CT molecular complexity index is 496. The highest BCUT2D eigenvalue weighted by Gasteiger charge is 2.07. The molecular weight excluding hydrogens is 234 g/mol. The van der Waals surface area contributed by atoms with E-state index in [0.717, 1.165) is 30.9 Å². The third-order valence-corrected chi connectivity index (χ3v) is 3.05. The third-order valence-electron chi connectivity index (χ3n) is 3.05. The average Bonchev–Trinajstić information content (AvgIpc) is 2.44. The molecule has 2 N–H and O–H groups in total. The van der Waals surface area contributed by atoms with Crippen molar-refractivity contribution in [3.8, 4) is 0 Å². The Morgan fingerprint density at radius 2 is 1.84 bits per heavy atom. The zero-order chi connectivity index (χ0) is 13.5. The molecule has 19 heavy (non-hydrogen) atoms. The van der Waals surface area contributed by atoms with Crippen molar-refractivity contribution in [3.05, 3.63) is 59.9 Å². The van der Waals surface area contributed by atoms with Crippen molar-refractivity contribution in [2.45, 2.75) is 19.9 Å². The number of hydrogen-bond acceptors (Lipinski definition) is 3. The van der Waals surface area contributed by atoms with E-state index in [1.807, 2.05) is 19.1 Å². The Hall–Kier alpha value is -1.87. The smallest absolute Gasteiger partial charge is 0.0602 e. The lowest BCUT2D eigenvalue weighted by Crippen LogP contribution is -2.26. The maximum atomic E-state index is 5.63. The van der Waals surface area contributed by atoms with Gasteiger partial charge in [-0.3, -0.25) is 4.98 Å². The van der Waals surface area contributed by atoms with Crippen molar-refractivity contribution >= 4 is 5.69 Å². The first-order valence-electron chi connectivity index (χ1n) is 6.72. The fourth-order valence-corrected chi connectivity index (χ4v) is 2.10. The fourth-order valence-electron chi connectivity index (χ4n) is 2.10. The van der Waals surface area contributed by atoms with Gasteiger partial charge in [0.25, 0.3) is 0 Å². The topological polar surface area (TPSA) is 42.1 Å². The minimum absolute atomic E-state index is 0.713. The van der Waals surface area contributed by atoms with Crippen molar-refractivity contribution in [2.75, 3.05) is 18.0 Å². The molecular formula is C16H21N3. The van der Waals surface area contributed by atoms with Crippen LogP contribution in [0.3, 0.4) is 0 Å². The van der Waals surface area contributed by atoms with Gasteiger partial charge >= 0.3 is 0 Å². The zero-order valence-electron chi connectivity index (χ0n) is 11.4. The maximum absolute atomic E-state index is 5.63. The summed E-state index contributed by atoms with van der Waals surface area (Å²) in [7, 11) is 0. The molecule has 3 nitrogen and oxygen atoms in total. The number of hydrogen-bond donors (Lipinski definition) is 1. The van der Waals surface area contributed by atoms with E-state index in [2.05, 4.69) is 46.3 Å². The van der Waals surface area contributed by atoms with Crippen LogP contribution < -0.4 is 10.6 Å². The molecule has 0 radical (unpaired) electrons. The van der Waals surface area contributed by atoms with Gasteiger partial charge in [0.15, 0.2) is 0 Å². The predicted molar refractivity (Wildman–Crippen MR) is 80.1 cm³/mol. The van der Waals surface area contributed by atoms with Crippen LogP contribution in [0.2, 0.25) is 0 Å². The average molecular weight is 255 g/mol. The molecule has 0 aliphatic rings. The van der Waals surface area contributed by atoms with Crippen LogP contribution in [0.4, 0.5) is 5.69 Å². The van der Waals surface area contributed by atoms with E-state index in [4.69, 9.17) is 5.73 Å². The highest BCUT2D eigenvalue weighted by Crippen LogP contribution is 2.16. The molecule has 0 aliphatic heterocycles. The van der Waals surface area contributed by atoms with Crippen molar-refractivity contribution in [2.24, 2.45) is 5.73 Å². The van der Waals surface area contributed by atoms with E-state index in [0.29, 0.717) is 6.54 Å². The van der Waals surface area contributed by atoms with Crippen LogP contribution in [0.25, 0.3) is 0 Å². The number of nitrogens with zero attached hydrogens (tertiary/aromatic N) is 2. The molecule has 100 valence electrons. The molecule has 0 saturated carbocycles. The van der Waals surface area contributed by atoms with Crippen LogP contribution in [0.5, 0.6) is 0 Å². The highest BCUT2D eigenvalue weighted by molar-refractivity contribution is 5.46. The first-order chi connectivity index (χ1) is 9.29. The monoisotopic (exact) mass is 255 g/mol. The Morgan fingerprint density at radius 1 is 1.05 bits per heavy atom. The fraction of sp³-hybridized carbons (Fsp3) is 0.312. The Labute approximate surface area is 115 Å². The minimum Gasteiger partial charge on any atom is -0.366 e. The van der Waals surface area contributed by atoms with E-state index in [9.17, 15) is 0 Å². The quantitative estimate of drug-likeness (QED) is 0.863. The van der Waals surface area contributed by atoms with E-state index in [1.165, 1.54) is 5.69 Å². The number of aromatic nitrogens is 1. The van der Waals surface area contributed by atoms with E-state index in [1.54, 1.807) is 0 Å². The highest BCUT2D eigenvalue weighted by atomic mass is 15.1. The molecule has 1 aromatic carbocycles. The standard InChI is InChI=1S/C16H21N3/c1-14-7-5-8-15(18-14)13-19(12-6-11-17)16-9-3-2-4-10-16/h2-5,7-10H,6,11-13,17H2,1H3. The minimum atomic E-state index is 0.713. The summed E-state index contributed by atoms with van der Waals surface area (Å²) in [5, 5.41) is 0. The van der Waals surface area contributed by atoms with Gasteiger partial charge in [-0.15, -0.1) is 0 Å². The number of para-hydroxylation sites is 1. The van der Waals surface area contributed by atoms with Crippen LogP contribution in [-0.2, 0) is 6.54 Å². The SMILES string of the molecule is Cc1cccc(CN(CCCN)c2ccccc2)n1. The van der Waals surface area contributed by atoms with Gasteiger partial charge < -0.3 is 10.6 Å². The number of rotatable bonds is 6. The molecule has 1 heterocycles. The molecule has 0 bridgehead atoms. The normalized spacial score (nSPS) is 10.4. The van der Waals surface area contributed by atoms with E-state index >= 15 is 0 Å². The molecule has 0 amide bonds. The number of aryl methyl sites for hydroxylation is 1. The lowest BCUT2D eigenvalue weighted by atomic mass is 10.2. The molecule has 0 atom stereocenters. The van der Waals surface area contributed by atoms with Gasteiger partial charge in [-0.25, -0.2) is 0 Å². The Morgan fingerprint density at radius 3 is 2.53 bits per heavy atom. The summed E-state index contributed by atoms with van der Waals surface area (Å²) in [6, 6.07) is 16.6. The summed E-state index contributed by atoms with van der Waals surface area (Å²) >= 11 is 0. The van der Waals surface area contributed by atoms with Crippen molar-refractivity contribution < 1.29 is 0 Å². The van der Waals surface area contributed by atoms with Gasteiger partial charge in [0.2, 0.25) is 0 Å². The van der Waals surface area contributed by atoms with Crippen molar-refractivity contribution in [3.63, 3.8) is 0 Å². The molecule has 2 aromatic rings. The molecule has 3 heteroatoms. The Kier molecular flexibility index (Phi) is 4.93. The molecule has 2 rings (SSSR count). The third kappa shape index (κ3) is 4.07. The van der Waals surface area contributed by atoms with Gasteiger partial charge in [-0.1, -0.05) is 24.3 Å². The first-order valence-corrected chi connectivity index (χ1v) is 6.72. The largest absolute Gasteiger partial charge is 0.366 e. The van der Waals surface area contributed by atoms with Crippen LogP contribution in [0, 0.1) is 6.92 Å². The summed E-state index contributed by atoms with van der Waals surface area (Å²) < 4.78 is 0. The van der Waals surface area contributed by atoms with Crippen molar-refractivity contribution in [1.82, 2.24) is 4.98 Å². The summed E-state index contributed by atoms with van der Waals surface area (Å²) in [5.74, 6) is 0. The molecule has 1 aromatic heterocycles. The summed E-state index contributed by atoms with van der Waals surface area (Å²) in [6.07, 6.45) is 0.987. The van der Waals surface area contributed by atoms with E-state index in [-0.39, 0.29) is 0 Å². The maximum Gasteiger partial charge on any atom is 0.0602 e.